The molecule has 2 heterocycles. The van der Waals surface area contributed by atoms with Gasteiger partial charge < -0.3 is 16.0 Å². The number of carbonyl (C=O) groups is 1. The van der Waals surface area contributed by atoms with Crippen molar-refractivity contribution in [2.75, 3.05) is 25.0 Å². The molecule has 1 unspecified atom stereocenters. The summed E-state index contributed by atoms with van der Waals surface area (Å²) in [6.07, 6.45) is 6.07. The van der Waals surface area contributed by atoms with Crippen LogP contribution in [0.15, 0.2) is 6.20 Å². The van der Waals surface area contributed by atoms with Gasteiger partial charge in [-0.1, -0.05) is 13.8 Å². The summed E-state index contributed by atoms with van der Waals surface area (Å²) in [6, 6.07) is -0.0155. The zero-order chi connectivity index (χ0) is 16.8. The first-order valence-corrected chi connectivity index (χ1v) is 8.79. The minimum absolute atomic E-state index is 0.0155. The molecule has 1 saturated heterocycles. The van der Waals surface area contributed by atoms with Crippen molar-refractivity contribution in [2.45, 2.75) is 53.0 Å². The SMILES string of the molecule is Cc1c(NC(=O)N2CCCC(CCN)C2)cnn1CCC(C)C. The van der Waals surface area contributed by atoms with Crippen molar-refractivity contribution in [1.29, 1.82) is 0 Å². The molecular weight excluding hydrogens is 290 g/mol. The number of hydrogen-bond acceptors (Lipinski definition) is 3. The Labute approximate surface area is 139 Å². The smallest absolute Gasteiger partial charge is 0.321 e. The van der Waals surface area contributed by atoms with Gasteiger partial charge in [-0.25, -0.2) is 4.79 Å². The van der Waals surface area contributed by atoms with Gasteiger partial charge in [-0.2, -0.15) is 5.10 Å². The van der Waals surface area contributed by atoms with Crippen molar-refractivity contribution >= 4 is 11.7 Å². The second kappa shape index (κ2) is 8.34. The molecule has 1 atom stereocenters. The molecule has 1 fully saturated rings. The van der Waals surface area contributed by atoms with Gasteiger partial charge in [0.05, 0.1) is 17.6 Å². The van der Waals surface area contributed by atoms with Crippen molar-refractivity contribution in [3.05, 3.63) is 11.9 Å². The minimum Gasteiger partial charge on any atom is -0.330 e. The van der Waals surface area contributed by atoms with Gasteiger partial charge in [0.1, 0.15) is 0 Å². The van der Waals surface area contributed by atoms with E-state index in [1.165, 1.54) is 6.42 Å². The lowest BCUT2D eigenvalue weighted by molar-refractivity contribution is 0.175. The predicted molar refractivity (Wildman–Crippen MR) is 93.4 cm³/mol. The average Bonchev–Trinajstić information content (AvgIpc) is 2.86. The molecule has 2 amide bonds. The predicted octanol–water partition coefficient (Wildman–Crippen LogP) is 2.83. The molecule has 0 bridgehead atoms. The third kappa shape index (κ3) is 4.96. The Bertz CT molecular complexity index is 509. The van der Waals surface area contributed by atoms with Crippen LogP contribution < -0.4 is 11.1 Å². The Morgan fingerprint density at radius 2 is 2.30 bits per heavy atom. The number of rotatable bonds is 6. The summed E-state index contributed by atoms with van der Waals surface area (Å²) in [5.41, 5.74) is 7.49. The van der Waals surface area contributed by atoms with Crippen molar-refractivity contribution in [1.82, 2.24) is 14.7 Å². The lowest BCUT2D eigenvalue weighted by Gasteiger charge is -2.32. The molecule has 0 saturated carbocycles. The van der Waals surface area contributed by atoms with Gasteiger partial charge in [-0.15, -0.1) is 0 Å². The molecule has 0 radical (unpaired) electrons. The largest absolute Gasteiger partial charge is 0.330 e. The summed E-state index contributed by atoms with van der Waals surface area (Å²) in [5.74, 6) is 1.18. The molecule has 1 aromatic heterocycles. The van der Waals surface area contributed by atoms with E-state index in [1.54, 1.807) is 6.20 Å². The fourth-order valence-corrected chi connectivity index (χ4v) is 3.09. The van der Waals surface area contributed by atoms with E-state index < -0.39 is 0 Å². The van der Waals surface area contributed by atoms with E-state index in [0.717, 1.165) is 50.3 Å². The van der Waals surface area contributed by atoms with Gasteiger partial charge in [-0.05, 0) is 51.0 Å². The molecule has 1 aliphatic rings. The number of aromatic nitrogens is 2. The lowest BCUT2D eigenvalue weighted by atomic mass is 9.95. The van der Waals surface area contributed by atoms with E-state index >= 15 is 0 Å². The molecule has 6 heteroatoms. The van der Waals surface area contributed by atoms with Crippen LogP contribution in [0.25, 0.3) is 0 Å². The highest BCUT2D eigenvalue weighted by molar-refractivity contribution is 5.89. The van der Waals surface area contributed by atoms with Crippen LogP contribution in [-0.4, -0.2) is 40.3 Å². The maximum Gasteiger partial charge on any atom is 0.321 e. The van der Waals surface area contributed by atoms with Gasteiger partial charge in [-0.3, -0.25) is 4.68 Å². The first-order valence-electron chi connectivity index (χ1n) is 8.79. The maximum atomic E-state index is 12.5. The molecule has 23 heavy (non-hydrogen) atoms. The molecule has 1 aliphatic heterocycles. The molecule has 6 nitrogen and oxygen atoms in total. The zero-order valence-electron chi connectivity index (χ0n) is 14.7. The zero-order valence-corrected chi connectivity index (χ0v) is 14.7. The number of hydrogen-bond donors (Lipinski definition) is 2. The van der Waals surface area contributed by atoms with Crippen LogP contribution in [-0.2, 0) is 6.54 Å². The normalized spacial score (nSPS) is 18.5. The summed E-state index contributed by atoms with van der Waals surface area (Å²) in [5, 5.41) is 7.42. The average molecular weight is 321 g/mol. The number of nitrogens with zero attached hydrogens (tertiary/aromatic N) is 3. The van der Waals surface area contributed by atoms with E-state index in [4.69, 9.17) is 5.73 Å². The second-order valence-electron chi connectivity index (χ2n) is 7.01. The van der Waals surface area contributed by atoms with Crippen LogP contribution in [0.3, 0.4) is 0 Å². The Hall–Kier alpha value is -1.56. The van der Waals surface area contributed by atoms with Gasteiger partial charge in [0.15, 0.2) is 0 Å². The number of anilines is 1. The monoisotopic (exact) mass is 321 g/mol. The van der Waals surface area contributed by atoms with Crippen LogP contribution in [0.5, 0.6) is 0 Å². The number of likely N-dealkylation sites (tertiary alicyclic amines) is 1. The molecule has 1 aromatic rings. The molecule has 3 N–H and O–H groups in total. The number of nitrogens with one attached hydrogen (secondary N) is 1. The van der Waals surface area contributed by atoms with Gasteiger partial charge >= 0.3 is 6.03 Å². The summed E-state index contributed by atoms with van der Waals surface area (Å²) in [6.45, 7) is 9.64. The third-order valence-corrected chi connectivity index (χ3v) is 4.64. The minimum atomic E-state index is -0.0155. The Morgan fingerprint density at radius 1 is 1.52 bits per heavy atom. The lowest BCUT2D eigenvalue weighted by Crippen LogP contribution is -2.42. The molecule has 130 valence electrons. The van der Waals surface area contributed by atoms with Crippen molar-refractivity contribution in [3.8, 4) is 0 Å². The van der Waals surface area contributed by atoms with Crippen LogP contribution >= 0.6 is 0 Å². The third-order valence-electron chi connectivity index (χ3n) is 4.64. The number of aryl methyl sites for hydroxylation is 1. The number of amides is 2. The van der Waals surface area contributed by atoms with Crippen molar-refractivity contribution < 1.29 is 4.79 Å². The van der Waals surface area contributed by atoms with E-state index in [9.17, 15) is 4.79 Å². The Morgan fingerprint density at radius 3 is 3.00 bits per heavy atom. The molecular formula is C17H31N5O. The topological polar surface area (TPSA) is 76.2 Å². The Kier molecular flexibility index (Phi) is 6.45. The highest BCUT2D eigenvalue weighted by atomic mass is 16.2. The number of carbonyl (C=O) groups excluding carboxylic acids is 1. The molecule has 0 spiro atoms. The first kappa shape index (κ1) is 17.8. The Balaban J connectivity index is 1.92. The van der Waals surface area contributed by atoms with E-state index in [2.05, 4.69) is 24.3 Å². The van der Waals surface area contributed by atoms with E-state index in [-0.39, 0.29) is 6.03 Å². The fraction of sp³-hybridized carbons (Fsp3) is 0.765. The quantitative estimate of drug-likeness (QED) is 0.846. The molecule has 0 aromatic carbocycles. The van der Waals surface area contributed by atoms with Gasteiger partial charge in [0.2, 0.25) is 0 Å². The number of piperidine rings is 1. The van der Waals surface area contributed by atoms with Crippen LogP contribution in [0.1, 0.15) is 45.2 Å². The highest BCUT2D eigenvalue weighted by Crippen LogP contribution is 2.21. The summed E-state index contributed by atoms with van der Waals surface area (Å²) >= 11 is 0. The van der Waals surface area contributed by atoms with Crippen LogP contribution in [0.4, 0.5) is 10.5 Å². The van der Waals surface area contributed by atoms with Gasteiger partial charge in [0.25, 0.3) is 0 Å². The van der Waals surface area contributed by atoms with Crippen molar-refractivity contribution in [2.24, 2.45) is 17.6 Å². The second-order valence-corrected chi connectivity index (χ2v) is 7.01. The van der Waals surface area contributed by atoms with Crippen LogP contribution in [0.2, 0.25) is 0 Å². The van der Waals surface area contributed by atoms with Gasteiger partial charge in [0, 0.05) is 19.6 Å². The first-order chi connectivity index (χ1) is 11.0. The van der Waals surface area contributed by atoms with E-state index in [0.29, 0.717) is 18.4 Å². The molecule has 0 aliphatic carbocycles. The molecule has 2 rings (SSSR count). The highest BCUT2D eigenvalue weighted by Gasteiger charge is 2.23. The maximum absolute atomic E-state index is 12.5. The van der Waals surface area contributed by atoms with E-state index in [1.807, 2.05) is 16.5 Å². The summed E-state index contributed by atoms with van der Waals surface area (Å²) < 4.78 is 1.98. The standard InChI is InChI=1S/C17H31N5O/c1-13(2)7-10-22-14(3)16(11-19-22)20-17(23)21-9-4-5-15(12-21)6-8-18/h11,13,15H,4-10,12,18H2,1-3H3,(H,20,23). The van der Waals surface area contributed by atoms with Crippen molar-refractivity contribution in [3.63, 3.8) is 0 Å². The summed E-state index contributed by atoms with van der Waals surface area (Å²) in [7, 11) is 0. The number of nitrogens with two attached hydrogens (primary N) is 1. The number of urea groups is 1. The fourth-order valence-electron chi connectivity index (χ4n) is 3.09. The van der Waals surface area contributed by atoms with Crippen LogP contribution in [0, 0.1) is 18.8 Å². The summed E-state index contributed by atoms with van der Waals surface area (Å²) in [4.78, 5) is 14.4.